The van der Waals surface area contributed by atoms with Crippen LogP contribution in [0.2, 0.25) is 0 Å². The smallest absolute Gasteiger partial charge is 0.183 e. The molecule has 0 saturated carbocycles. The van der Waals surface area contributed by atoms with Crippen LogP contribution < -0.4 is 5.43 Å². The first-order valence-corrected chi connectivity index (χ1v) is 7.37. The lowest BCUT2D eigenvalue weighted by molar-refractivity contribution is 0.464. The second-order valence-corrected chi connectivity index (χ2v) is 8.11. The SMILES string of the molecule is CCCCNN=P(N(C)C)(N(C)C)N(C)C. The molecule has 0 aromatic carbocycles. The number of hydrogen-bond donors (Lipinski definition) is 1. The third-order valence-corrected chi connectivity index (χ3v) is 6.09. The molecular weight excluding hydrogens is 221 g/mol. The lowest BCUT2D eigenvalue weighted by Crippen LogP contribution is -2.32. The molecule has 0 rings (SSSR count). The molecule has 0 spiro atoms. The van der Waals surface area contributed by atoms with E-state index in [1.807, 2.05) is 0 Å². The molecule has 0 fully saturated rings. The van der Waals surface area contributed by atoms with E-state index in [2.05, 4.69) is 68.6 Å². The van der Waals surface area contributed by atoms with Crippen LogP contribution in [0.4, 0.5) is 0 Å². The highest BCUT2D eigenvalue weighted by Crippen LogP contribution is 2.53. The largest absolute Gasteiger partial charge is 0.251 e. The van der Waals surface area contributed by atoms with E-state index < -0.39 is 7.51 Å². The summed E-state index contributed by atoms with van der Waals surface area (Å²) in [4.78, 5) is 4.73. The summed E-state index contributed by atoms with van der Waals surface area (Å²) < 4.78 is 6.60. The van der Waals surface area contributed by atoms with Gasteiger partial charge in [-0.25, -0.2) is 5.43 Å². The Balaban J connectivity index is 4.89. The van der Waals surface area contributed by atoms with Gasteiger partial charge in [-0.15, -0.1) is 0 Å². The zero-order valence-electron chi connectivity index (χ0n) is 11.9. The van der Waals surface area contributed by atoms with E-state index in [-0.39, 0.29) is 0 Å². The minimum atomic E-state index is -1.74. The topological polar surface area (TPSA) is 34.1 Å². The molecule has 0 unspecified atom stereocenters. The van der Waals surface area contributed by atoms with Gasteiger partial charge in [-0.1, -0.05) is 13.3 Å². The van der Waals surface area contributed by atoms with Crippen LogP contribution in [0.1, 0.15) is 19.8 Å². The number of nitrogens with one attached hydrogen (secondary N) is 1. The Bertz CT molecular complexity index is 209. The van der Waals surface area contributed by atoms with Crippen LogP contribution in [0, 0.1) is 0 Å². The normalized spacial score (nSPS) is 12.9. The van der Waals surface area contributed by atoms with Crippen LogP contribution in [0.15, 0.2) is 4.85 Å². The Morgan fingerprint density at radius 1 is 0.938 bits per heavy atom. The maximum Gasteiger partial charge on any atom is 0.183 e. The average molecular weight is 249 g/mol. The third kappa shape index (κ3) is 3.82. The molecule has 0 aromatic rings. The van der Waals surface area contributed by atoms with Gasteiger partial charge in [0.2, 0.25) is 0 Å². The van der Waals surface area contributed by atoms with Crippen LogP contribution >= 0.6 is 7.51 Å². The van der Waals surface area contributed by atoms with Gasteiger partial charge < -0.3 is 0 Å². The molecule has 0 radical (unpaired) electrons. The van der Waals surface area contributed by atoms with Crippen molar-refractivity contribution in [1.29, 1.82) is 0 Å². The molecule has 16 heavy (non-hydrogen) atoms. The maximum atomic E-state index is 4.73. The summed E-state index contributed by atoms with van der Waals surface area (Å²) in [6.07, 6.45) is 2.36. The monoisotopic (exact) mass is 249 g/mol. The van der Waals surface area contributed by atoms with Crippen molar-refractivity contribution in [2.45, 2.75) is 19.8 Å². The second-order valence-electron chi connectivity index (χ2n) is 4.44. The molecule has 0 aliphatic carbocycles. The standard InChI is InChI=1S/C10H28N5P/c1-8-9-10-11-12-16(13(2)3,14(4)5)15(6)7/h11H,8-10H2,1-7H3. The highest BCUT2D eigenvalue weighted by molar-refractivity contribution is 7.58. The summed E-state index contributed by atoms with van der Waals surface area (Å²) in [5.74, 6) is 0. The number of nitrogens with zero attached hydrogens (tertiary/aromatic N) is 4. The molecule has 0 aliphatic heterocycles. The molecule has 0 amide bonds. The molecule has 0 heterocycles. The quantitative estimate of drug-likeness (QED) is 0.425. The van der Waals surface area contributed by atoms with Gasteiger partial charge in [0.15, 0.2) is 7.51 Å². The van der Waals surface area contributed by atoms with E-state index in [1.54, 1.807) is 0 Å². The van der Waals surface area contributed by atoms with Gasteiger partial charge in [0.05, 0.1) is 0 Å². The van der Waals surface area contributed by atoms with E-state index in [0.717, 1.165) is 13.0 Å². The van der Waals surface area contributed by atoms with Gasteiger partial charge in [0.25, 0.3) is 0 Å². The van der Waals surface area contributed by atoms with Gasteiger partial charge in [0.1, 0.15) is 0 Å². The van der Waals surface area contributed by atoms with Crippen molar-refractivity contribution in [2.24, 2.45) is 4.85 Å². The van der Waals surface area contributed by atoms with E-state index >= 15 is 0 Å². The first-order chi connectivity index (χ1) is 7.39. The van der Waals surface area contributed by atoms with E-state index in [0.29, 0.717) is 0 Å². The predicted molar refractivity (Wildman–Crippen MR) is 73.3 cm³/mol. The average Bonchev–Trinajstić information content (AvgIpc) is 2.16. The fourth-order valence-electron chi connectivity index (χ4n) is 1.74. The molecule has 1 N–H and O–H groups in total. The van der Waals surface area contributed by atoms with Gasteiger partial charge >= 0.3 is 0 Å². The Morgan fingerprint density at radius 3 is 1.69 bits per heavy atom. The van der Waals surface area contributed by atoms with Crippen molar-refractivity contribution < 1.29 is 0 Å². The van der Waals surface area contributed by atoms with Crippen molar-refractivity contribution >= 4 is 7.51 Å². The van der Waals surface area contributed by atoms with Crippen molar-refractivity contribution in [3.8, 4) is 0 Å². The van der Waals surface area contributed by atoms with E-state index in [4.69, 9.17) is 4.85 Å². The zero-order valence-corrected chi connectivity index (χ0v) is 12.8. The summed E-state index contributed by atoms with van der Waals surface area (Å²) in [5, 5.41) is 0. The van der Waals surface area contributed by atoms with Crippen LogP contribution in [-0.4, -0.2) is 62.8 Å². The minimum Gasteiger partial charge on any atom is -0.251 e. The second kappa shape index (κ2) is 7.41. The molecule has 0 aromatic heterocycles. The highest BCUT2D eigenvalue weighted by atomic mass is 31.2. The summed E-state index contributed by atoms with van der Waals surface area (Å²) in [7, 11) is 10.8. The summed E-state index contributed by atoms with van der Waals surface area (Å²) >= 11 is 0. The first kappa shape index (κ1) is 16.1. The Morgan fingerprint density at radius 2 is 1.38 bits per heavy atom. The van der Waals surface area contributed by atoms with Crippen LogP contribution in [0.5, 0.6) is 0 Å². The summed E-state index contributed by atoms with van der Waals surface area (Å²) in [6.45, 7) is 3.14. The fraction of sp³-hybridized carbons (Fsp3) is 1.00. The highest BCUT2D eigenvalue weighted by Gasteiger charge is 2.28. The molecule has 0 saturated heterocycles. The third-order valence-electron chi connectivity index (χ3n) is 2.46. The Labute approximate surface area is 101 Å². The van der Waals surface area contributed by atoms with E-state index in [9.17, 15) is 0 Å². The lowest BCUT2D eigenvalue weighted by Gasteiger charge is -2.40. The van der Waals surface area contributed by atoms with Crippen LogP contribution in [0.25, 0.3) is 0 Å². The minimum absolute atomic E-state index is 0.952. The van der Waals surface area contributed by atoms with Crippen LogP contribution in [-0.2, 0) is 0 Å². The Hall–Kier alpha value is 0.0700. The molecule has 6 heteroatoms. The number of rotatable bonds is 7. The molecular formula is C10H28N5P. The zero-order chi connectivity index (χ0) is 12.8. The molecule has 0 aliphatic rings. The Kier molecular flexibility index (Phi) is 7.44. The van der Waals surface area contributed by atoms with Gasteiger partial charge in [-0.2, -0.15) is 4.85 Å². The summed E-state index contributed by atoms with van der Waals surface area (Å²) in [6, 6.07) is 0. The van der Waals surface area contributed by atoms with Gasteiger partial charge in [-0.05, 0) is 48.7 Å². The van der Waals surface area contributed by atoms with Crippen molar-refractivity contribution in [2.75, 3.05) is 48.8 Å². The first-order valence-electron chi connectivity index (χ1n) is 5.77. The number of hydrogen-bond acceptors (Lipinski definition) is 1. The molecule has 0 bridgehead atoms. The maximum absolute atomic E-state index is 4.73. The summed E-state index contributed by atoms with van der Waals surface area (Å²) in [5.41, 5.74) is 3.22. The van der Waals surface area contributed by atoms with Gasteiger partial charge in [-0.3, -0.25) is 14.0 Å². The molecule has 5 nitrogen and oxygen atoms in total. The fourth-order valence-corrected chi connectivity index (χ4v) is 4.72. The lowest BCUT2D eigenvalue weighted by atomic mass is 10.3. The van der Waals surface area contributed by atoms with Crippen LogP contribution in [0.3, 0.4) is 0 Å². The van der Waals surface area contributed by atoms with Crippen molar-refractivity contribution in [1.82, 2.24) is 19.4 Å². The van der Waals surface area contributed by atoms with Crippen molar-refractivity contribution in [3.05, 3.63) is 0 Å². The molecule has 0 atom stereocenters. The van der Waals surface area contributed by atoms with Gasteiger partial charge in [0, 0.05) is 6.54 Å². The van der Waals surface area contributed by atoms with E-state index in [1.165, 1.54) is 6.42 Å². The molecule has 98 valence electrons. The predicted octanol–water partition coefficient (Wildman–Crippen LogP) is 1.92. The van der Waals surface area contributed by atoms with Crippen molar-refractivity contribution in [3.63, 3.8) is 0 Å². The number of unbranched alkanes of at least 4 members (excludes halogenated alkanes) is 1.